The highest BCUT2D eigenvalue weighted by Gasteiger charge is 2.53. The number of nitrogens with one attached hydrogen (secondary N) is 1. The minimum Gasteiger partial charge on any atom is -0.394 e. The highest BCUT2D eigenvalue weighted by molar-refractivity contribution is 5.76. The van der Waals surface area contributed by atoms with E-state index in [1.165, 1.54) is 205 Å². The molecule has 12 N–H and O–H groups in total. The minimum absolute atomic E-state index is 0.234. The molecule has 0 aromatic heterocycles. The maximum absolute atomic E-state index is 13.4. The molecule has 19 heteroatoms. The molecule has 0 bridgehead atoms. The van der Waals surface area contributed by atoms with Gasteiger partial charge in [0.25, 0.3) is 0 Å². The van der Waals surface area contributed by atoms with Gasteiger partial charge in [-0.15, -0.1) is 0 Å². The SMILES string of the molecule is CCCC/C=C/CC/C=C/CC/C=C/C(O)C(COC1OC(CO)C(OC2OC(CO)C(OC3OC(CO)C(O)C(O)C3O)C(O)C2O)C(O)C1O)NC(=O)CCCCCCCCCCCCCCCCCCCCCCCCCCCCC/C=C\C/C=C\CCCCCCC. The normalized spacial score (nSPS) is 27.4. The van der Waals surface area contributed by atoms with Crippen LogP contribution in [0.3, 0.4) is 0 Å². The number of amides is 1. The third kappa shape index (κ3) is 38.5. The zero-order chi connectivity index (χ0) is 69.6. The molecule has 0 aromatic carbocycles. The molecule has 560 valence electrons. The Kier molecular flexibility index (Phi) is 53.0. The second kappa shape index (κ2) is 58.0. The number of allylic oxidation sites excluding steroid dienone is 9. The second-order valence-corrected chi connectivity index (χ2v) is 27.4. The number of rotatable bonds is 60. The lowest BCUT2D eigenvalue weighted by Crippen LogP contribution is -2.66. The summed E-state index contributed by atoms with van der Waals surface area (Å²) in [6.45, 7) is 1.65. The molecule has 3 aliphatic heterocycles. The van der Waals surface area contributed by atoms with Crippen LogP contribution in [0.5, 0.6) is 0 Å². The fourth-order valence-electron chi connectivity index (χ4n) is 12.8. The predicted molar refractivity (Wildman–Crippen MR) is 379 cm³/mol. The van der Waals surface area contributed by atoms with Gasteiger partial charge in [-0.1, -0.05) is 274 Å². The number of hydrogen-bond donors (Lipinski definition) is 12. The Morgan fingerprint density at radius 3 is 1.14 bits per heavy atom. The van der Waals surface area contributed by atoms with Gasteiger partial charge < -0.3 is 89.9 Å². The van der Waals surface area contributed by atoms with E-state index < -0.39 is 124 Å². The third-order valence-corrected chi connectivity index (χ3v) is 19.0. The summed E-state index contributed by atoms with van der Waals surface area (Å²) in [6.07, 6.45) is 46.9. The summed E-state index contributed by atoms with van der Waals surface area (Å²) in [7, 11) is 0. The number of aliphatic hydroxyl groups excluding tert-OH is 11. The Morgan fingerprint density at radius 1 is 0.375 bits per heavy atom. The molecular weight excluding hydrogens is 1230 g/mol. The Bertz CT molecular complexity index is 1970. The lowest BCUT2D eigenvalue weighted by Gasteiger charge is -2.48. The lowest BCUT2D eigenvalue weighted by molar-refractivity contribution is -0.379. The van der Waals surface area contributed by atoms with Crippen molar-refractivity contribution in [2.45, 2.75) is 394 Å². The van der Waals surface area contributed by atoms with Crippen LogP contribution in [0.2, 0.25) is 0 Å². The summed E-state index contributed by atoms with van der Waals surface area (Å²) in [6, 6.07) is -0.995. The zero-order valence-electron chi connectivity index (χ0n) is 59.6. The van der Waals surface area contributed by atoms with Crippen molar-refractivity contribution in [1.82, 2.24) is 5.32 Å². The fraction of sp³-hybridized carbons (Fsp3) is 0.857. The van der Waals surface area contributed by atoms with Crippen LogP contribution in [-0.4, -0.2) is 193 Å². The Balaban J connectivity index is 1.28. The van der Waals surface area contributed by atoms with Crippen molar-refractivity contribution in [2.75, 3.05) is 26.4 Å². The maximum atomic E-state index is 13.4. The molecule has 19 nitrogen and oxygen atoms in total. The molecule has 3 fully saturated rings. The van der Waals surface area contributed by atoms with Crippen LogP contribution in [0, 0.1) is 0 Å². The lowest BCUT2D eigenvalue weighted by atomic mass is 9.96. The van der Waals surface area contributed by atoms with Gasteiger partial charge in [-0.05, 0) is 70.6 Å². The van der Waals surface area contributed by atoms with E-state index in [-0.39, 0.29) is 18.9 Å². The molecule has 0 radical (unpaired) electrons. The average Bonchev–Trinajstić information content (AvgIpc) is 0.789. The first kappa shape index (κ1) is 87.7. The molecule has 0 spiro atoms. The Hall–Kier alpha value is -2.51. The molecule has 96 heavy (non-hydrogen) atoms. The first-order chi connectivity index (χ1) is 46.8. The van der Waals surface area contributed by atoms with E-state index in [0.717, 1.165) is 51.4 Å². The van der Waals surface area contributed by atoms with Crippen LogP contribution in [0.4, 0.5) is 0 Å². The van der Waals surface area contributed by atoms with Crippen molar-refractivity contribution in [1.29, 1.82) is 0 Å². The molecule has 3 rings (SSSR count). The summed E-state index contributed by atoms with van der Waals surface area (Å²) < 4.78 is 34.3. The van der Waals surface area contributed by atoms with E-state index in [1.54, 1.807) is 6.08 Å². The van der Waals surface area contributed by atoms with Gasteiger partial charge >= 0.3 is 0 Å². The number of ether oxygens (including phenoxy) is 6. The van der Waals surface area contributed by atoms with Gasteiger partial charge in [-0.3, -0.25) is 4.79 Å². The smallest absolute Gasteiger partial charge is 0.220 e. The molecule has 1 amide bonds. The standard InChI is InChI=1S/C77H139NO18/c1-3-5-7-9-11-13-15-17-18-19-20-21-22-23-24-25-26-27-28-29-30-31-32-33-34-35-36-37-38-39-40-41-42-43-45-47-49-51-53-55-65(83)78-60(61(82)54-52-50-48-46-44-16-14-12-10-8-6-4-2)59-91-75-71(89)68(86)73(63(57-80)93-75)96-77-72(90)69(87)74(64(58-81)94-77)95-76-70(88)67(85)66(84)62(56-79)92-76/h10,12,15,17,19-20,44,46,52,54,60-64,66-77,79-82,84-90H,3-9,11,13-14,16,18,21-43,45,47-51,53,55-59H2,1-2H3,(H,78,83)/b12-10+,17-15-,20-19-,46-44+,54-52+. The minimum atomic E-state index is -1.98. The molecule has 3 saturated heterocycles. The number of unbranched alkanes of at least 4 members (excludes halogenated alkanes) is 36. The Labute approximate surface area is 579 Å². The molecule has 0 aromatic rings. The predicted octanol–water partition coefficient (Wildman–Crippen LogP) is 11.9. The zero-order valence-corrected chi connectivity index (χ0v) is 59.6. The van der Waals surface area contributed by atoms with Gasteiger partial charge in [0.1, 0.15) is 73.2 Å². The van der Waals surface area contributed by atoms with Crippen LogP contribution in [0.25, 0.3) is 0 Å². The molecular formula is C77H139NO18. The van der Waals surface area contributed by atoms with Crippen LogP contribution in [0.15, 0.2) is 60.8 Å². The van der Waals surface area contributed by atoms with Crippen molar-refractivity contribution in [3.63, 3.8) is 0 Å². The van der Waals surface area contributed by atoms with Gasteiger partial charge in [0.05, 0.1) is 38.6 Å². The van der Waals surface area contributed by atoms with Crippen LogP contribution in [0.1, 0.15) is 290 Å². The second-order valence-electron chi connectivity index (χ2n) is 27.4. The van der Waals surface area contributed by atoms with Crippen molar-refractivity contribution in [2.24, 2.45) is 0 Å². The van der Waals surface area contributed by atoms with Crippen molar-refractivity contribution in [3.05, 3.63) is 60.8 Å². The monoisotopic (exact) mass is 1370 g/mol. The molecule has 0 saturated carbocycles. The molecule has 17 atom stereocenters. The molecule has 17 unspecified atom stereocenters. The first-order valence-corrected chi connectivity index (χ1v) is 38.5. The highest BCUT2D eigenvalue weighted by Crippen LogP contribution is 2.33. The van der Waals surface area contributed by atoms with E-state index >= 15 is 0 Å². The van der Waals surface area contributed by atoms with Crippen molar-refractivity contribution >= 4 is 5.91 Å². The molecule has 3 aliphatic rings. The summed E-state index contributed by atoms with van der Waals surface area (Å²) in [4.78, 5) is 13.4. The number of carbonyl (C=O) groups is 1. The van der Waals surface area contributed by atoms with Gasteiger partial charge in [-0.2, -0.15) is 0 Å². The number of aliphatic hydroxyl groups is 11. The van der Waals surface area contributed by atoms with Crippen molar-refractivity contribution in [3.8, 4) is 0 Å². The summed E-state index contributed by atoms with van der Waals surface area (Å²) in [5, 5.41) is 120. The van der Waals surface area contributed by atoms with E-state index in [2.05, 4.69) is 67.8 Å². The first-order valence-electron chi connectivity index (χ1n) is 38.5. The van der Waals surface area contributed by atoms with Gasteiger partial charge in [-0.25, -0.2) is 0 Å². The topological polar surface area (TPSA) is 307 Å². The number of hydrogen-bond acceptors (Lipinski definition) is 18. The van der Waals surface area contributed by atoms with E-state index in [0.29, 0.717) is 12.8 Å². The van der Waals surface area contributed by atoms with Crippen LogP contribution in [-0.2, 0) is 33.2 Å². The molecule has 3 heterocycles. The van der Waals surface area contributed by atoms with E-state index in [1.807, 2.05) is 6.08 Å². The summed E-state index contributed by atoms with van der Waals surface area (Å²) in [5.41, 5.74) is 0. The van der Waals surface area contributed by atoms with Crippen molar-refractivity contribution < 1.29 is 89.4 Å². The van der Waals surface area contributed by atoms with Gasteiger partial charge in [0, 0.05) is 6.42 Å². The van der Waals surface area contributed by atoms with E-state index in [9.17, 15) is 61.0 Å². The third-order valence-electron chi connectivity index (χ3n) is 19.0. The fourth-order valence-corrected chi connectivity index (χ4v) is 12.8. The van der Waals surface area contributed by atoms with Gasteiger partial charge in [0.2, 0.25) is 5.91 Å². The van der Waals surface area contributed by atoms with Crippen LogP contribution < -0.4 is 5.32 Å². The maximum Gasteiger partial charge on any atom is 0.220 e. The largest absolute Gasteiger partial charge is 0.394 e. The molecule has 0 aliphatic carbocycles. The average molecular weight is 1370 g/mol. The van der Waals surface area contributed by atoms with Gasteiger partial charge in [0.15, 0.2) is 18.9 Å². The Morgan fingerprint density at radius 2 is 0.708 bits per heavy atom. The number of carbonyl (C=O) groups excluding carboxylic acids is 1. The quantitative estimate of drug-likeness (QED) is 0.0199. The highest BCUT2D eigenvalue weighted by atomic mass is 16.8. The van der Waals surface area contributed by atoms with Crippen LogP contribution >= 0.6 is 0 Å². The van der Waals surface area contributed by atoms with E-state index in [4.69, 9.17) is 28.4 Å². The summed E-state index contributed by atoms with van der Waals surface area (Å²) >= 11 is 0. The summed E-state index contributed by atoms with van der Waals surface area (Å²) in [5.74, 6) is -0.288.